The summed E-state index contributed by atoms with van der Waals surface area (Å²) in [6, 6.07) is 6.99. The Morgan fingerprint density at radius 2 is 2.08 bits per heavy atom. The lowest BCUT2D eigenvalue weighted by molar-refractivity contribution is -0.147. The van der Waals surface area contributed by atoms with Crippen molar-refractivity contribution in [2.45, 2.75) is 26.7 Å². The summed E-state index contributed by atoms with van der Waals surface area (Å²) in [5, 5.41) is 9.44. The fraction of sp³-hybridized carbons (Fsp3) is 0.353. The van der Waals surface area contributed by atoms with Gasteiger partial charge in [-0.3, -0.25) is 9.59 Å². The van der Waals surface area contributed by atoms with Crippen LogP contribution in [0.1, 0.15) is 25.3 Å². The molecule has 0 saturated carbocycles. The highest BCUT2D eigenvalue weighted by molar-refractivity contribution is 6.31. The molecule has 0 unspecified atom stereocenters. The van der Waals surface area contributed by atoms with E-state index in [0.29, 0.717) is 23.8 Å². The number of benzene rings is 1. The van der Waals surface area contributed by atoms with E-state index in [1.165, 1.54) is 6.92 Å². The van der Waals surface area contributed by atoms with Crippen LogP contribution in [0, 0.1) is 18.3 Å². The zero-order chi connectivity index (χ0) is 18.1. The number of nitrogens with zero attached hydrogens (tertiary/aromatic N) is 1. The average molecular weight is 351 g/mol. The molecule has 6 nitrogen and oxygen atoms in total. The van der Waals surface area contributed by atoms with Gasteiger partial charge in [-0.2, -0.15) is 5.26 Å². The Hall–Kier alpha value is -2.52. The smallest absolute Gasteiger partial charge is 0.306 e. The van der Waals surface area contributed by atoms with Gasteiger partial charge in [0.15, 0.2) is 6.61 Å². The molecule has 0 radical (unpaired) electrons. The third-order valence-electron chi connectivity index (χ3n) is 3.07. The number of hydrogen-bond donors (Lipinski definition) is 1. The topological polar surface area (TPSA) is 102 Å². The second-order valence-corrected chi connectivity index (χ2v) is 5.52. The van der Waals surface area contributed by atoms with Crippen molar-refractivity contribution in [3.8, 4) is 11.8 Å². The van der Waals surface area contributed by atoms with Crippen LogP contribution in [0.4, 0.5) is 0 Å². The number of ketones is 1. The van der Waals surface area contributed by atoms with Crippen LogP contribution < -0.4 is 10.5 Å². The lowest BCUT2D eigenvalue weighted by Gasteiger charge is -2.08. The molecule has 1 rings (SSSR count). The predicted octanol–water partition coefficient (Wildman–Crippen LogP) is 2.68. The summed E-state index contributed by atoms with van der Waals surface area (Å²) in [5.74, 6) is -0.479. The maximum atomic E-state index is 11.6. The van der Waals surface area contributed by atoms with Gasteiger partial charge >= 0.3 is 5.97 Å². The summed E-state index contributed by atoms with van der Waals surface area (Å²) < 4.78 is 10.3. The fourth-order valence-electron chi connectivity index (χ4n) is 1.77. The van der Waals surface area contributed by atoms with Crippen LogP contribution in [0.25, 0.3) is 0 Å². The van der Waals surface area contributed by atoms with Crippen molar-refractivity contribution in [2.75, 3.05) is 13.2 Å². The maximum Gasteiger partial charge on any atom is 0.306 e. The second kappa shape index (κ2) is 9.58. The first-order valence-corrected chi connectivity index (χ1v) is 7.67. The number of nitriles is 1. The normalized spacial score (nSPS) is 11.2. The summed E-state index contributed by atoms with van der Waals surface area (Å²) in [4.78, 5) is 23.2. The highest BCUT2D eigenvalue weighted by Gasteiger charge is 2.14. The molecule has 0 saturated heterocycles. The highest BCUT2D eigenvalue weighted by Crippen LogP contribution is 2.21. The molecule has 0 spiro atoms. The van der Waals surface area contributed by atoms with Gasteiger partial charge in [0.05, 0.1) is 6.61 Å². The van der Waals surface area contributed by atoms with E-state index < -0.39 is 18.4 Å². The number of carbonyl (C=O) groups is 2. The monoisotopic (exact) mass is 350 g/mol. The van der Waals surface area contributed by atoms with Crippen LogP contribution in [0.5, 0.6) is 5.75 Å². The van der Waals surface area contributed by atoms with Gasteiger partial charge in [0, 0.05) is 17.1 Å². The number of nitrogens with two attached hydrogens (primary N) is 1. The second-order valence-electron chi connectivity index (χ2n) is 5.12. The van der Waals surface area contributed by atoms with Crippen LogP contribution in [0.2, 0.25) is 5.02 Å². The molecule has 0 fully saturated rings. The number of allylic oxidation sites excluding steroid dienone is 1. The van der Waals surface area contributed by atoms with E-state index in [2.05, 4.69) is 0 Å². The van der Waals surface area contributed by atoms with Crippen molar-refractivity contribution in [2.24, 2.45) is 5.73 Å². The van der Waals surface area contributed by atoms with Crippen LogP contribution in [-0.2, 0) is 14.3 Å². The SMILES string of the molecule is C/C(N)=C(\C#N)C(=O)COC(=O)CCCOc1ccc(Cl)c(C)c1. The van der Waals surface area contributed by atoms with Gasteiger partial charge in [0.1, 0.15) is 17.4 Å². The van der Waals surface area contributed by atoms with Gasteiger partial charge < -0.3 is 15.2 Å². The minimum atomic E-state index is -0.612. The number of halogens is 1. The van der Waals surface area contributed by atoms with Crippen LogP contribution in [-0.4, -0.2) is 25.0 Å². The number of ether oxygens (including phenoxy) is 2. The number of aryl methyl sites for hydroxylation is 1. The Bertz CT molecular complexity index is 688. The lowest BCUT2D eigenvalue weighted by atomic mass is 10.1. The van der Waals surface area contributed by atoms with Crippen molar-refractivity contribution >= 4 is 23.4 Å². The van der Waals surface area contributed by atoms with Gasteiger partial charge in [0.2, 0.25) is 5.78 Å². The molecule has 24 heavy (non-hydrogen) atoms. The van der Waals surface area contributed by atoms with Gasteiger partial charge in [-0.05, 0) is 44.0 Å². The molecule has 1 aromatic rings. The van der Waals surface area contributed by atoms with Crippen molar-refractivity contribution < 1.29 is 19.1 Å². The Morgan fingerprint density at radius 3 is 2.67 bits per heavy atom. The Morgan fingerprint density at radius 1 is 1.38 bits per heavy atom. The molecule has 1 aromatic carbocycles. The molecular weight excluding hydrogens is 332 g/mol. The van der Waals surface area contributed by atoms with Gasteiger partial charge in [-0.15, -0.1) is 0 Å². The molecule has 7 heteroatoms. The van der Waals surface area contributed by atoms with Crippen molar-refractivity contribution in [1.29, 1.82) is 5.26 Å². The Balaban J connectivity index is 2.30. The zero-order valence-corrected chi connectivity index (χ0v) is 14.4. The fourth-order valence-corrected chi connectivity index (χ4v) is 1.89. The average Bonchev–Trinajstić information content (AvgIpc) is 2.53. The highest BCUT2D eigenvalue weighted by atomic mass is 35.5. The Kier molecular flexibility index (Phi) is 7.80. The molecule has 0 bridgehead atoms. The predicted molar refractivity (Wildman–Crippen MR) is 89.4 cm³/mol. The first-order chi connectivity index (χ1) is 11.3. The molecule has 0 amide bonds. The minimum absolute atomic E-state index is 0.102. The van der Waals surface area contributed by atoms with Crippen LogP contribution in [0.3, 0.4) is 0 Å². The van der Waals surface area contributed by atoms with E-state index >= 15 is 0 Å². The van der Waals surface area contributed by atoms with E-state index in [9.17, 15) is 9.59 Å². The first-order valence-electron chi connectivity index (χ1n) is 7.29. The molecule has 0 aliphatic carbocycles. The van der Waals surface area contributed by atoms with E-state index in [1.54, 1.807) is 18.2 Å². The number of Topliss-reactive ketones (excluding diaryl/α,β-unsaturated/α-hetero) is 1. The van der Waals surface area contributed by atoms with Crippen molar-refractivity contribution in [1.82, 2.24) is 0 Å². The van der Waals surface area contributed by atoms with Crippen molar-refractivity contribution in [3.63, 3.8) is 0 Å². The third-order valence-corrected chi connectivity index (χ3v) is 3.50. The van der Waals surface area contributed by atoms with Crippen molar-refractivity contribution in [3.05, 3.63) is 40.1 Å². The third kappa shape index (κ3) is 6.31. The first kappa shape index (κ1) is 19.5. The summed E-state index contributed by atoms with van der Waals surface area (Å²) in [5.41, 5.74) is 6.22. The van der Waals surface area contributed by atoms with E-state index in [-0.39, 0.29) is 17.7 Å². The van der Waals surface area contributed by atoms with E-state index in [1.807, 2.05) is 13.0 Å². The zero-order valence-electron chi connectivity index (χ0n) is 13.6. The standard InChI is InChI=1S/C17H19ClN2O4/c1-11-8-13(5-6-15(11)18)23-7-3-4-17(22)24-10-16(21)14(9-19)12(2)20/h5-6,8H,3-4,7,10,20H2,1-2H3/b14-12-. The molecule has 128 valence electrons. The van der Waals surface area contributed by atoms with Gasteiger partial charge in [-0.1, -0.05) is 11.6 Å². The number of esters is 1. The molecule has 0 atom stereocenters. The molecule has 0 heterocycles. The van der Waals surface area contributed by atoms with E-state index in [0.717, 1.165) is 5.56 Å². The molecule has 0 aliphatic rings. The van der Waals surface area contributed by atoms with E-state index in [4.69, 9.17) is 32.1 Å². The number of rotatable bonds is 8. The van der Waals surface area contributed by atoms with Gasteiger partial charge in [-0.25, -0.2) is 0 Å². The molecule has 2 N–H and O–H groups in total. The van der Waals surface area contributed by atoms with Crippen LogP contribution in [0.15, 0.2) is 29.5 Å². The summed E-state index contributed by atoms with van der Waals surface area (Å²) in [6.45, 7) is 3.15. The molecule has 0 aromatic heterocycles. The maximum absolute atomic E-state index is 11.6. The summed E-state index contributed by atoms with van der Waals surface area (Å²) >= 11 is 5.92. The number of carbonyl (C=O) groups excluding carboxylic acids is 2. The largest absolute Gasteiger partial charge is 0.494 e. The minimum Gasteiger partial charge on any atom is -0.494 e. The quantitative estimate of drug-likeness (QED) is 0.334. The summed E-state index contributed by atoms with van der Waals surface area (Å²) in [7, 11) is 0. The Labute approximate surface area is 145 Å². The van der Waals surface area contributed by atoms with Crippen LogP contribution >= 0.6 is 11.6 Å². The summed E-state index contributed by atoms with van der Waals surface area (Å²) in [6.07, 6.45) is 0.540. The molecular formula is C17H19ClN2O4. The van der Waals surface area contributed by atoms with Gasteiger partial charge in [0.25, 0.3) is 0 Å². The lowest BCUT2D eigenvalue weighted by Crippen LogP contribution is -2.17. The number of hydrogen-bond acceptors (Lipinski definition) is 6. The molecule has 0 aliphatic heterocycles.